The van der Waals surface area contributed by atoms with Crippen LogP contribution in [0.4, 0.5) is 0 Å². The smallest absolute Gasteiger partial charge is 0.305 e. The molecule has 24 heavy (non-hydrogen) atoms. The van der Waals surface area contributed by atoms with Crippen molar-refractivity contribution in [1.29, 1.82) is 0 Å². The van der Waals surface area contributed by atoms with Crippen LogP contribution in [-0.4, -0.2) is 38.4 Å². The minimum absolute atomic E-state index is 0.0940. The van der Waals surface area contributed by atoms with E-state index in [-0.39, 0.29) is 10.3 Å². The van der Waals surface area contributed by atoms with Crippen molar-refractivity contribution in [1.82, 2.24) is 5.48 Å². The van der Waals surface area contributed by atoms with Gasteiger partial charge in [-0.25, -0.2) is 0 Å². The topological polar surface area (TPSA) is 111 Å². The number of hydrogen-bond donors (Lipinski definition) is 2. The molecule has 0 heterocycles. The molecule has 0 bridgehead atoms. The Balaban J connectivity index is 0.000000506. The van der Waals surface area contributed by atoms with E-state index >= 15 is 0 Å². The molecule has 0 fully saturated rings. The van der Waals surface area contributed by atoms with Gasteiger partial charge in [0, 0.05) is 6.42 Å². The number of esters is 1. The molecular weight excluding hydrogens is 381 g/mol. The number of rotatable bonds is 8. The van der Waals surface area contributed by atoms with Gasteiger partial charge in [-0.15, -0.1) is 0 Å². The van der Waals surface area contributed by atoms with Crippen LogP contribution < -0.4 is 9.83 Å². The molecule has 1 aromatic carbocycles. The van der Waals surface area contributed by atoms with Crippen LogP contribution in [0.2, 0.25) is 0 Å². The van der Waals surface area contributed by atoms with E-state index in [0.717, 1.165) is 19.3 Å². The summed E-state index contributed by atoms with van der Waals surface area (Å²) in [5.74, 6) is -0.631. The molecule has 1 rings (SSSR count). The summed E-state index contributed by atoms with van der Waals surface area (Å²) in [6.45, 7) is 3.29. The number of amides is 1. The van der Waals surface area contributed by atoms with E-state index < -0.39 is 20.1 Å². The second-order valence-corrected chi connectivity index (χ2v) is 8.59. The number of carbonyl (C=O) groups is 2. The van der Waals surface area contributed by atoms with Crippen molar-refractivity contribution < 1.29 is 31.0 Å². The van der Waals surface area contributed by atoms with Gasteiger partial charge in [0.25, 0.3) is 0 Å². The van der Waals surface area contributed by atoms with Crippen molar-refractivity contribution in [3.05, 3.63) is 30.3 Å². The average Bonchev–Trinajstić information content (AvgIpc) is 2.61. The van der Waals surface area contributed by atoms with E-state index in [0.29, 0.717) is 6.42 Å². The first kappa shape index (κ1) is 22.4. The third kappa shape index (κ3) is 9.52. The first-order valence-corrected chi connectivity index (χ1v) is 10.6. The molecule has 1 amide bonds. The maximum absolute atomic E-state index is 11.8. The molecule has 1 unspecified atom stereocenters. The van der Waals surface area contributed by atoms with Crippen LogP contribution in [0.15, 0.2) is 30.3 Å². The number of hydroxylamine groups is 1. The molecule has 0 spiro atoms. The van der Waals surface area contributed by atoms with Crippen LogP contribution in [-0.2, 0) is 25.8 Å². The maximum atomic E-state index is 11.8. The molecule has 0 aliphatic heterocycles. The number of nitrogens with one attached hydrogen (secondary N) is 1. The zero-order valence-electron chi connectivity index (χ0n) is 14.1. The molecule has 0 radical (unpaired) electrons. The van der Waals surface area contributed by atoms with Crippen LogP contribution in [0.5, 0.6) is 0 Å². The molecule has 1 atom stereocenters. The largest absolute Gasteiger partial charge is 0.469 e. The van der Waals surface area contributed by atoms with Crippen molar-refractivity contribution in [3.63, 3.8) is 0 Å². The van der Waals surface area contributed by atoms with E-state index in [1.54, 1.807) is 18.2 Å². The number of unbranched alkanes of at least 4 members (excludes halogenated alkanes) is 2. The zero-order valence-corrected chi connectivity index (χ0v) is 15.9. The minimum atomic E-state index is -4.55. The van der Waals surface area contributed by atoms with Gasteiger partial charge in [0.05, 0.1) is 7.11 Å². The summed E-state index contributed by atoms with van der Waals surface area (Å²) in [5, 5.41) is 8.54. The summed E-state index contributed by atoms with van der Waals surface area (Å²) in [6.07, 6.45) is 3.81. The van der Waals surface area contributed by atoms with Gasteiger partial charge in [0.1, 0.15) is 0 Å². The predicted octanol–water partition coefficient (Wildman–Crippen LogP) is 1.56. The van der Waals surface area contributed by atoms with Gasteiger partial charge in [0.15, 0.2) is 0 Å². The molecule has 0 aliphatic rings. The van der Waals surface area contributed by atoms with E-state index in [1.165, 1.54) is 26.2 Å². The standard InChI is InChI=1S/C8H10AsNO5.C7H14O2/c1-7(11)10-14-9(12,15-13)8-5-3-2-4-6-8;1-3-4-5-6-7(8)9-2/h2-6,13H,1H3,(H,10,11);3-6H2,1-2H3. The van der Waals surface area contributed by atoms with Crippen LogP contribution >= 0.6 is 0 Å². The zero-order chi connectivity index (χ0) is 18.4. The Morgan fingerprint density at radius 2 is 1.83 bits per heavy atom. The predicted molar refractivity (Wildman–Crippen MR) is 87.3 cm³/mol. The third-order valence-corrected chi connectivity index (χ3v) is 5.80. The number of hydrogen-bond acceptors (Lipinski definition) is 7. The van der Waals surface area contributed by atoms with Crippen molar-refractivity contribution in [3.8, 4) is 0 Å². The molecule has 8 nitrogen and oxygen atoms in total. The molecule has 1 aromatic rings. The van der Waals surface area contributed by atoms with Crippen molar-refractivity contribution in [2.45, 2.75) is 39.5 Å². The van der Waals surface area contributed by atoms with Crippen molar-refractivity contribution >= 4 is 30.4 Å². The summed E-state index contributed by atoms with van der Waals surface area (Å²) < 4.78 is 24.9. The molecular formula is C15H24AsNO7. The number of methoxy groups -OCH3 is 1. The van der Waals surface area contributed by atoms with Gasteiger partial charge in [-0.1, -0.05) is 19.8 Å². The van der Waals surface area contributed by atoms with Gasteiger partial charge < -0.3 is 4.74 Å². The monoisotopic (exact) mass is 405 g/mol. The molecule has 0 saturated carbocycles. The molecule has 2 N–H and O–H groups in total. The Labute approximate surface area is 144 Å². The Bertz CT molecular complexity index is 536. The number of benzene rings is 1. The van der Waals surface area contributed by atoms with Gasteiger partial charge in [-0.05, 0) is 6.42 Å². The average molecular weight is 405 g/mol. The van der Waals surface area contributed by atoms with Gasteiger partial charge in [0.2, 0.25) is 0 Å². The Morgan fingerprint density at radius 3 is 2.29 bits per heavy atom. The normalized spacial score (nSPS) is 12.3. The van der Waals surface area contributed by atoms with Crippen molar-refractivity contribution in [2.75, 3.05) is 7.11 Å². The van der Waals surface area contributed by atoms with Gasteiger partial charge in [-0.3, -0.25) is 4.79 Å². The number of carbonyl (C=O) groups excluding carboxylic acids is 2. The Kier molecular flexibility index (Phi) is 11.9. The van der Waals surface area contributed by atoms with E-state index in [1.807, 2.05) is 5.48 Å². The summed E-state index contributed by atoms with van der Waals surface area (Å²) in [7, 11) is 1.42. The quantitative estimate of drug-likeness (QED) is 0.222. The van der Waals surface area contributed by atoms with Crippen LogP contribution in [0.25, 0.3) is 0 Å². The fraction of sp³-hybridized carbons (Fsp3) is 0.467. The van der Waals surface area contributed by atoms with Gasteiger partial charge >= 0.3 is 94.6 Å². The van der Waals surface area contributed by atoms with Crippen LogP contribution in [0.3, 0.4) is 0 Å². The summed E-state index contributed by atoms with van der Waals surface area (Å²) in [6, 6.07) is 7.87. The third-order valence-electron chi connectivity index (χ3n) is 2.70. The maximum Gasteiger partial charge on any atom is 0.305 e. The van der Waals surface area contributed by atoms with Crippen LogP contribution in [0.1, 0.15) is 39.5 Å². The summed E-state index contributed by atoms with van der Waals surface area (Å²) in [4.78, 5) is 21.0. The summed E-state index contributed by atoms with van der Waals surface area (Å²) in [5.41, 5.74) is 1.88. The second-order valence-electron chi connectivity index (χ2n) is 4.70. The van der Waals surface area contributed by atoms with Crippen molar-refractivity contribution in [2.24, 2.45) is 0 Å². The van der Waals surface area contributed by atoms with Crippen LogP contribution in [0, 0.1) is 0 Å². The summed E-state index contributed by atoms with van der Waals surface area (Å²) >= 11 is -4.55. The Morgan fingerprint density at radius 1 is 1.21 bits per heavy atom. The minimum Gasteiger partial charge on any atom is -0.469 e. The molecule has 136 valence electrons. The fourth-order valence-corrected chi connectivity index (χ4v) is 3.61. The molecule has 0 aliphatic carbocycles. The molecule has 0 aromatic heterocycles. The molecule has 0 saturated heterocycles. The van der Waals surface area contributed by atoms with Gasteiger partial charge in [-0.2, -0.15) is 0 Å². The first-order valence-electron chi connectivity index (χ1n) is 7.40. The number of ether oxygens (including phenoxy) is 1. The SMILES string of the molecule is CC(=O)NO[As](=O)(OO)c1ccccc1.CCCCCC(=O)OC. The van der Waals surface area contributed by atoms with E-state index in [4.69, 9.17) is 5.26 Å². The molecule has 9 heteroatoms. The van der Waals surface area contributed by atoms with E-state index in [2.05, 4.69) is 19.4 Å². The fourth-order valence-electron chi connectivity index (χ4n) is 1.47. The Hall–Kier alpha value is -1.60. The second kappa shape index (κ2) is 12.8. The van der Waals surface area contributed by atoms with E-state index in [9.17, 15) is 13.3 Å². The first-order chi connectivity index (χ1) is 11.4.